The number of hydrogen-bond donors (Lipinski definition) is 4. The normalized spacial score (nSPS) is 41.2. The van der Waals surface area contributed by atoms with Gasteiger partial charge in [-0.05, 0) is 13.5 Å². The Morgan fingerprint density at radius 2 is 2.17 bits per heavy atom. The lowest BCUT2D eigenvalue weighted by molar-refractivity contribution is -0.160. The van der Waals surface area contributed by atoms with Crippen LogP contribution in [0.4, 0.5) is 0 Å². The van der Waals surface area contributed by atoms with Crippen molar-refractivity contribution in [3.05, 3.63) is 0 Å². The SMILES string of the molecule is CCN[C@H](C)[C@H]1O[C@@H]2SC(NC)=N[C@@H]2[C@@H](O)[C@@H]1O. The van der Waals surface area contributed by atoms with Crippen LogP contribution in [0.2, 0.25) is 0 Å². The first-order valence-corrected chi connectivity index (χ1v) is 7.13. The van der Waals surface area contributed by atoms with Crippen molar-refractivity contribution in [1.82, 2.24) is 10.6 Å². The Morgan fingerprint density at radius 3 is 2.78 bits per heavy atom. The molecule has 0 amide bonds. The maximum absolute atomic E-state index is 10.1. The summed E-state index contributed by atoms with van der Waals surface area (Å²) in [5.74, 6) is 0. The summed E-state index contributed by atoms with van der Waals surface area (Å²) >= 11 is 1.46. The molecule has 2 aliphatic rings. The number of ether oxygens (including phenoxy) is 1. The van der Waals surface area contributed by atoms with E-state index in [1.807, 2.05) is 13.8 Å². The molecule has 18 heavy (non-hydrogen) atoms. The third-order valence-electron chi connectivity index (χ3n) is 3.33. The van der Waals surface area contributed by atoms with Crippen molar-refractivity contribution in [3.63, 3.8) is 0 Å². The Balaban J connectivity index is 2.08. The quantitative estimate of drug-likeness (QED) is 0.535. The van der Waals surface area contributed by atoms with Crippen LogP contribution in [0.1, 0.15) is 13.8 Å². The van der Waals surface area contributed by atoms with E-state index in [1.165, 1.54) is 11.8 Å². The molecule has 0 radical (unpaired) electrons. The third-order valence-corrected chi connectivity index (χ3v) is 4.49. The van der Waals surface area contributed by atoms with Gasteiger partial charge in [-0.3, -0.25) is 4.99 Å². The van der Waals surface area contributed by atoms with Gasteiger partial charge in [-0.1, -0.05) is 18.7 Å². The molecule has 2 aliphatic heterocycles. The highest BCUT2D eigenvalue weighted by atomic mass is 32.2. The topological polar surface area (TPSA) is 86.1 Å². The predicted octanol–water partition coefficient (Wildman–Crippen LogP) is -0.878. The molecule has 104 valence electrons. The Morgan fingerprint density at radius 1 is 1.44 bits per heavy atom. The summed E-state index contributed by atoms with van der Waals surface area (Å²) in [5.41, 5.74) is -0.225. The van der Waals surface area contributed by atoms with Crippen LogP contribution in [-0.2, 0) is 4.74 Å². The van der Waals surface area contributed by atoms with E-state index in [9.17, 15) is 10.2 Å². The second kappa shape index (κ2) is 5.75. The van der Waals surface area contributed by atoms with Gasteiger partial charge in [0, 0.05) is 13.1 Å². The molecule has 0 aromatic carbocycles. The second-order valence-electron chi connectivity index (χ2n) is 4.59. The van der Waals surface area contributed by atoms with E-state index in [2.05, 4.69) is 15.6 Å². The summed E-state index contributed by atoms with van der Waals surface area (Å²) in [6, 6.07) is -0.405. The molecule has 0 aromatic rings. The van der Waals surface area contributed by atoms with E-state index >= 15 is 0 Å². The number of rotatable bonds is 3. The molecule has 7 heteroatoms. The van der Waals surface area contributed by atoms with Crippen molar-refractivity contribution in [3.8, 4) is 0 Å². The molecule has 0 bridgehead atoms. The van der Waals surface area contributed by atoms with Crippen molar-refractivity contribution in [2.45, 2.75) is 49.7 Å². The van der Waals surface area contributed by atoms with Gasteiger partial charge in [0.25, 0.3) is 0 Å². The number of thioether (sulfide) groups is 1. The molecule has 6 nitrogen and oxygen atoms in total. The van der Waals surface area contributed by atoms with E-state index in [0.717, 1.165) is 11.7 Å². The first-order valence-electron chi connectivity index (χ1n) is 6.25. The average Bonchev–Trinajstić information content (AvgIpc) is 2.77. The van der Waals surface area contributed by atoms with Gasteiger partial charge in [0.1, 0.15) is 29.8 Å². The van der Waals surface area contributed by atoms with Gasteiger partial charge in [-0.15, -0.1) is 0 Å². The van der Waals surface area contributed by atoms with Gasteiger partial charge in [-0.25, -0.2) is 0 Å². The maximum Gasteiger partial charge on any atom is 0.159 e. The molecule has 1 saturated heterocycles. The van der Waals surface area contributed by atoms with Crippen molar-refractivity contribution in [2.24, 2.45) is 4.99 Å². The van der Waals surface area contributed by atoms with Crippen LogP contribution in [0.3, 0.4) is 0 Å². The highest BCUT2D eigenvalue weighted by molar-refractivity contribution is 8.14. The summed E-state index contributed by atoms with van der Waals surface area (Å²) in [6.07, 6.45) is -2.21. The standard InChI is InChI=1S/C11H21N3O3S/c1-4-13-5(2)9-8(16)7(15)6-10(17-9)18-11(12-3)14-6/h5-10,13,15-16H,4H2,1-3H3,(H,12,14)/t5-,6-,7-,8+,9-,10-/m1/s1. The molecule has 0 aromatic heterocycles. The van der Waals surface area contributed by atoms with Crippen LogP contribution in [0.25, 0.3) is 0 Å². The zero-order valence-electron chi connectivity index (χ0n) is 10.8. The smallest absolute Gasteiger partial charge is 0.159 e. The molecule has 1 fully saturated rings. The number of aliphatic hydroxyl groups excluding tert-OH is 2. The van der Waals surface area contributed by atoms with Crippen LogP contribution in [0.15, 0.2) is 4.99 Å². The number of aliphatic imine (C=N–C) groups is 1. The maximum atomic E-state index is 10.1. The number of hydrogen-bond acceptors (Lipinski definition) is 7. The number of nitrogens with one attached hydrogen (secondary N) is 2. The lowest BCUT2D eigenvalue weighted by atomic mass is 9.94. The molecular formula is C11H21N3O3S. The van der Waals surface area contributed by atoms with E-state index in [-0.39, 0.29) is 11.5 Å². The first kappa shape index (κ1) is 14.1. The van der Waals surface area contributed by atoms with E-state index in [4.69, 9.17) is 4.74 Å². The molecule has 2 heterocycles. The number of amidine groups is 1. The minimum Gasteiger partial charge on any atom is -0.388 e. The summed E-state index contributed by atoms with van der Waals surface area (Å²) in [6.45, 7) is 4.74. The summed E-state index contributed by atoms with van der Waals surface area (Å²) in [4.78, 5) is 4.31. The monoisotopic (exact) mass is 275 g/mol. The van der Waals surface area contributed by atoms with Gasteiger partial charge in [0.2, 0.25) is 0 Å². The zero-order chi connectivity index (χ0) is 13.3. The van der Waals surface area contributed by atoms with Crippen molar-refractivity contribution in [1.29, 1.82) is 0 Å². The fourth-order valence-electron chi connectivity index (χ4n) is 2.36. The molecule has 0 spiro atoms. The fourth-order valence-corrected chi connectivity index (χ4v) is 3.42. The zero-order valence-corrected chi connectivity index (χ0v) is 11.6. The summed E-state index contributed by atoms with van der Waals surface area (Å²) < 4.78 is 5.88. The molecular weight excluding hydrogens is 254 g/mol. The van der Waals surface area contributed by atoms with Crippen molar-refractivity contribution < 1.29 is 14.9 Å². The Labute approximate surface area is 111 Å². The molecule has 0 unspecified atom stereocenters. The van der Waals surface area contributed by atoms with Crippen LogP contribution in [0.5, 0.6) is 0 Å². The average molecular weight is 275 g/mol. The summed E-state index contributed by atoms with van der Waals surface area (Å²) in [7, 11) is 1.78. The molecule has 4 N–H and O–H groups in total. The highest BCUT2D eigenvalue weighted by Crippen LogP contribution is 2.36. The third kappa shape index (κ3) is 2.50. The van der Waals surface area contributed by atoms with E-state index in [1.54, 1.807) is 7.05 Å². The number of likely N-dealkylation sites (N-methyl/N-ethyl adjacent to an activating group) is 1. The molecule has 0 saturated carbocycles. The summed E-state index contributed by atoms with van der Waals surface area (Å²) in [5, 5.41) is 27.2. The van der Waals surface area contributed by atoms with Gasteiger partial charge >= 0.3 is 0 Å². The van der Waals surface area contributed by atoms with Crippen LogP contribution in [-0.4, -0.2) is 64.8 Å². The van der Waals surface area contributed by atoms with E-state index in [0.29, 0.717) is 0 Å². The fraction of sp³-hybridized carbons (Fsp3) is 0.909. The first-order chi connectivity index (χ1) is 8.58. The Bertz CT molecular complexity index is 329. The number of fused-ring (bicyclic) bond motifs is 1. The van der Waals surface area contributed by atoms with Crippen LogP contribution < -0.4 is 10.6 Å². The minimum absolute atomic E-state index is 0.0140. The van der Waals surface area contributed by atoms with Gasteiger partial charge in [0.15, 0.2) is 5.17 Å². The van der Waals surface area contributed by atoms with Crippen molar-refractivity contribution in [2.75, 3.05) is 13.6 Å². The van der Waals surface area contributed by atoms with Crippen molar-refractivity contribution >= 4 is 16.9 Å². The van der Waals surface area contributed by atoms with Crippen LogP contribution in [0, 0.1) is 0 Å². The number of nitrogens with zero attached hydrogens (tertiary/aromatic N) is 1. The molecule has 6 atom stereocenters. The van der Waals surface area contributed by atoms with E-state index < -0.39 is 24.4 Å². The second-order valence-corrected chi connectivity index (χ2v) is 5.68. The molecule has 2 rings (SSSR count). The van der Waals surface area contributed by atoms with Crippen LogP contribution >= 0.6 is 11.8 Å². The largest absolute Gasteiger partial charge is 0.388 e. The predicted molar refractivity (Wildman–Crippen MR) is 71.7 cm³/mol. The lowest BCUT2D eigenvalue weighted by Crippen LogP contribution is -2.60. The Kier molecular flexibility index (Phi) is 4.50. The number of aliphatic hydroxyl groups is 2. The van der Waals surface area contributed by atoms with Gasteiger partial charge in [-0.2, -0.15) is 0 Å². The van der Waals surface area contributed by atoms with Gasteiger partial charge in [0.05, 0.1) is 0 Å². The molecule has 0 aliphatic carbocycles. The Hall–Kier alpha value is -0.340. The van der Waals surface area contributed by atoms with Gasteiger partial charge < -0.3 is 25.6 Å². The highest BCUT2D eigenvalue weighted by Gasteiger charge is 2.49. The lowest BCUT2D eigenvalue weighted by Gasteiger charge is -2.41. The minimum atomic E-state index is -0.916.